The van der Waals surface area contributed by atoms with E-state index in [2.05, 4.69) is 64.4 Å². The van der Waals surface area contributed by atoms with Crippen molar-refractivity contribution >= 4 is 25.1 Å². The van der Waals surface area contributed by atoms with Crippen LogP contribution in [0.15, 0.2) is 102 Å². The van der Waals surface area contributed by atoms with Crippen LogP contribution in [0.3, 0.4) is 0 Å². The van der Waals surface area contributed by atoms with E-state index >= 15 is 0 Å². The van der Waals surface area contributed by atoms with Crippen LogP contribution in [0.2, 0.25) is 0 Å². The summed E-state index contributed by atoms with van der Waals surface area (Å²) in [6.45, 7) is 3.47. The van der Waals surface area contributed by atoms with E-state index in [1.165, 1.54) is 5.56 Å². The predicted molar refractivity (Wildman–Crippen MR) is 119 cm³/mol. The van der Waals surface area contributed by atoms with E-state index in [1.807, 2.05) is 55.6 Å². The Morgan fingerprint density at radius 2 is 1.68 bits per heavy atom. The van der Waals surface area contributed by atoms with Gasteiger partial charge in [-0.05, 0) is 29.7 Å². The zero-order chi connectivity index (χ0) is 19.6. The van der Waals surface area contributed by atoms with Gasteiger partial charge >= 0.3 is 0 Å². The topological polar surface area (TPSA) is 16.2 Å². The van der Waals surface area contributed by atoms with Gasteiger partial charge in [0, 0.05) is 23.9 Å². The number of hydrogen-bond donors (Lipinski definition) is 0. The zero-order valence-corrected chi connectivity index (χ0v) is 16.2. The molecular formula is C25H24BN2+. The molecule has 1 aromatic heterocycles. The highest BCUT2D eigenvalue weighted by Gasteiger charge is 2.04. The predicted octanol–water partition coefficient (Wildman–Crippen LogP) is 4.05. The summed E-state index contributed by atoms with van der Waals surface area (Å²) < 4.78 is 2.18. The highest BCUT2D eigenvalue weighted by Crippen LogP contribution is 2.14. The van der Waals surface area contributed by atoms with Crippen molar-refractivity contribution in [2.75, 3.05) is 0 Å². The SMILES string of the molecule is [B]c1ccccc1CN=C/C=C(\C=C/C)c1cc[n+](Cc2ccccc2)cc1. The van der Waals surface area contributed by atoms with Gasteiger partial charge in [0.25, 0.3) is 0 Å². The minimum absolute atomic E-state index is 0.582. The van der Waals surface area contributed by atoms with Gasteiger partial charge < -0.3 is 0 Å². The molecule has 3 aromatic rings. The number of aliphatic imine (C=N–C) groups is 1. The van der Waals surface area contributed by atoms with Crippen LogP contribution in [0.4, 0.5) is 0 Å². The number of hydrogen-bond acceptors (Lipinski definition) is 1. The van der Waals surface area contributed by atoms with E-state index in [9.17, 15) is 0 Å². The maximum atomic E-state index is 5.97. The lowest BCUT2D eigenvalue weighted by atomic mass is 9.91. The molecule has 0 atom stereocenters. The average Bonchev–Trinajstić information content (AvgIpc) is 2.73. The van der Waals surface area contributed by atoms with E-state index in [4.69, 9.17) is 7.85 Å². The number of pyridine rings is 1. The third kappa shape index (κ3) is 5.65. The van der Waals surface area contributed by atoms with Crippen LogP contribution in [0.25, 0.3) is 5.57 Å². The Morgan fingerprint density at radius 3 is 2.39 bits per heavy atom. The van der Waals surface area contributed by atoms with E-state index < -0.39 is 0 Å². The van der Waals surface area contributed by atoms with Gasteiger partial charge in [-0.15, -0.1) is 0 Å². The van der Waals surface area contributed by atoms with Gasteiger partial charge in [0.1, 0.15) is 7.85 Å². The second kappa shape index (κ2) is 10.2. The summed E-state index contributed by atoms with van der Waals surface area (Å²) in [4.78, 5) is 4.50. The molecule has 0 saturated carbocycles. The molecule has 0 fully saturated rings. The highest BCUT2D eigenvalue weighted by atomic mass is 14.9. The Kier molecular flexibility index (Phi) is 7.14. The summed E-state index contributed by atoms with van der Waals surface area (Å²) in [6.07, 6.45) is 12.3. The van der Waals surface area contributed by atoms with E-state index in [1.54, 1.807) is 0 Å². The van der Waals surface area contributed by atoms with E-state index in [-0.39, 0.29) is 0 Å². The fourth-order valence-electron chi connectivity index (χ4n) is 2.94. The minimum atomic E-state index is 0.582. The lowest BCUT2D eigenvalue weighted by Gasteiger charge is -2.03. The smallest absolute Gasteiger partial charge is 0.173 e. The molecule has 0 amide bonds. The van der Waals surface area contributed by atoms with E-state index in [0.717, 1.165) is 28.7 Å². The Balaban J connectivity index is 1.70. The normalized spacial score (nSPS) is 12.1. The number of benzene rings is 2. The standard InChI is InChI=1S/C25H24BN2/c1-2-8-22(13-16-27-19-24-11-6-7-12-25(24)26)23-14-17-28(18-15-23)20-21-9-4-3-5-10-21/h2-18H,19-20H2,1H3/q+1/b8-2-,22-13+,27-16?. The van der Waals surface area contributed by atoms with Crippen molar-refractivity contribution in [1.29, 1.82) is 0 Å². The summed E-state index contributed by atoms with van der Waals surface area (Å²) in [7, 11) is 5.97. The molecule has 0 aliphatic carbocycles. The number of aromatic nitrogens is 1. The lowest BCUT2D eigenvalue weighted by Crippen LogP contribution is -2.33. The summed E-state index contributed by atoms with van der Waals surface area (Å²) in [5.41, 5.74) is 5.40. The Bertz CT molecular complexity index is 971. The number of allylic oxidation sites excluding steroid dienone is 4. The third-order valence-corrected chi connectivity index (χ3v) is 4.45. The monoisotopic (exact) mass is 363 g/mol. The molecule has 3 rings (SSSR count). The lowest BCUT2D eigenvalue weighted by molar-refractivity contribution is -0.688. The molecule has 1 heterocycles. The van der Waals surface area contributed by atoms with Crippen LogP contribution < -0.4 is 10.0 Å². The Hall–Kier alpha value is -3.20. The molecule has 0 saturated heterocycles. The van der Waals surface area contributed by atoms with Crippen LogP contribution in [-0.2, 0) is 13.1 Å². The summed E-state index contributed by atoms with van der Waals surface area (Å²) in [5.74, 6) is 0. The van der Waals surface area contributed by atoms with E-state index in [0.29, 0.717) is 6.54 Å². The van der Waals surface area contributed by atoms with Crippen LogP contribution in [0.5, 0.6) is 0 Å². The van der Waals surface area contributed by atoms with Gasteiger partial charge in [0.05, 0.1) is 6.54 Å². The second-order valence-electron chi connectivity index (χ2n) is 6.56. The first-order chi connectivity index (χ1) is 13.8. The molecule has 2 aromatic carbocycles. The maximum Gasteiger partial charge on any atom is 0.173 e. The minimum Gasteiger partial charge on any atom is -0.288 e. The Labute approximate surface area is 169 Å². The van der Waals surface area contributed by atoms with Gasteiger partial charge in [0.2, 0.25) is 0 Å². The highest BCUT2D eigenvalue weighted by molar-refractivity contribution is 6.33. The molecule has 0 bridgehead atoms. The van der Waals surface area contributed by atoms with Crippen LogP contribution in [-0.4, -0.2) is 14.1 Å². The van der Waals surface area contributed by atoms with Crippen molar-refractivity contribution in [3.05, 3.63) is 114 Å². The molecule has 2 radical (unpaired) electrons. The van der Waals surface area contributed by atoms with Gasteiger partial charge in [-0.3, -0.25) is 4.99 Å². The Morgan fingerprint density at radius 1 is 0.964 bits per heavy atom. The first-order valence-electron chi connectivity index (χ1n) is 9.46. The molecule has 0 aliphatic heterocycles. The second-order valence-corrected chi connectivity index (χ2v) is 6.56. The molecule has 0 unspecified atom stereocenters. The van der Waals surface area contributed by atoms with Gasteiger partial charge in [-0.1, -0.05) is 72.2 Å². The number of nitrogens with zero attached hydrogens (tertiary/aromatic N) is 2. The zero-order valence-electron chi connectivity index (χ0n) is 16.2. The number of rotatable bonds is 7. The quantitative estimate of drug-likeness (QED) is 0.261. The molecule has 28 heavy (non-hydrogen) atoms. The summed E-state index contributed by atoms with van der Waals surface area (Å²) >= 11 is 0. The molecular weight excluding hydrogens is 339 g/mol. The van der Waals surface area contributed by atoms with Crippen molar-refractivity contribution in [1.82, 2.24) is 0 Å². The maximum absolute atomic E-state index is 5.97. The molecule has 0 aliphatic rings. The van der Waals surface area contributed by atoms with Crippen molar-refractivity contribution in [3.8, 4) is 0 Å². The van der Waals surface area contributed by atoms with Gasteiger partial charge in [-0.25, -0.2) is 4.57 Å². The molecule has 0 spiro atoms. The van der Waals surface area contributed by atoms with Crippen molar-refractivity contribution in [2.24, 2.45) is 4.99 Å². The van der Waals surface area contributed by atoms with Crippen LogP contribution in [0.1, 0.15) is 23.6 Å². The average molecular weight is 363 g/mol. The van der Waals surface area contributed by atoms with Crippen LogP contribution >= 0.6 is 0 Å². The van der Waals surface area contributed by atoms with Gasteiger partial charge in [0.15, 0.2) is 18.9 Å². The molecule has 136 valence electrons. The first kappa shape index (κ1) is 19.6. The van der Waals surface area contributed by atoms with Gasteiger partial charge in [-0.2, -0.15) is 0 Å². The fourth-order valence-corrected chi connectivity index (χ4v) is 2.94. The summed E-state index contributed by atoms with van der Waals surface area (Å²) in [6, 6.07) is 22.6. The van der Waals surface area contributed by atoms with Crippen molar-refractivity contribution in [2.45, 2.75) is 20.0 Å². The third-order valence-electron chi connectivity index (χ3n) is 4.45. The molecule has 3 heteroatoms. The van der Waals surface area contributed by atoms with Crippen LogP contribution in [0, 0.1) is 0 Å². The van der Waals surface area contributed by atoms with Crippen molar-refractivity contribution in [3.63, 3.8) is 0 Å². The van der Waals surface area contributed by atoms with Crippen molar-refractivity contribution < 1.29 is 4.57 Å². The summed E-state index contributed by atoms with van der Waals surface area (Å²) in [5, 5.41) is 0. The first-order valence-corrected chi connectivity index (χ1v) is 9.46. The molecule has 0 N–H and O–H groups in total. The molecule has 2 nitrogen and oxygen atoms in total. The fraction of sp³-hybridized carbons (Fsp3) is 0.120. The largest absolute Gasteiger partial charge is 0.288 e.